The lowest BCUT2D eigenvalue weighted by atomic mass is 9.95. The summed E-state index contributed by atoms with van der Waals surface area (Å²) < 4.78 is 17.1. The average Bonchev–Trinajstić information content (AvgIpc) is 3.30. The zero-order chi connectivity index (χ0) is 22.8. The molecule has 1 N–H and O–H groups in total. The van der Waals surface area contributed by atoms with E-state index in [1.165, 1.54) is 12.7 Å². The number of ether oxygens (including phenoxy) is 2. The molecule has 0 spiro atoms. The number of carbonyl (C=O) groups is 1. The summed E-state index contributed by atoms with van der Waals surface area (Å²) in [5.74, 6) is 1.29. The van der Waals surface area contributed by atoms with Crippen LogP contribution in [0.2, 0.25) is 18.1 Å². The quantitative estimate of drug-likeness (QED) is 0.608. The fourth-order valence-electron chi connectivity index (χ4n) is 4.77. The fraction of sp³-hybridized carbons (Fsp3) is 0.708. The molecule has 0 bridgehead atoms. The van der Waals surface area contributed by atoms with E-state index < -0.39 is 8.32 Å². The Morgan fingerprint density at radius 2 is 1.84 bits per heavy atom. The molecule has 1 heterocycles. The minimum absolute atomic E-state index is 0.0184. The minimum Gasteiger partial charge on any atom is -0.497 e. The second kappa shape index (κ2) is 9.51. The van der Waals surface area contributed by atoms with Crippen LogP contribution in [0, 0.1) is 5.92 Å². The van der Waals surface area contributed by atoms with Crippen LogP contribution in [0.4, 0.5) is 4.79 Å². The van der Waals surface area contributed by atoms with Gasteiger partial charge in [-0.3, -0.25) is 4.90 Å². The first kappa shape index (κ1) is 24.1. The molecule has 1 saturated carbocycles. The first-order valence-electron chi connectivity index (χ1n) is 11.5. The first-order chi connectivity index (χ1) is 14.6. The van der Waals surface area contributed by atoms with Crippen LogP contribution in [0.1, 0.15) is 45.6 Å². The fourth-order valence-corrected chi connectivity index (χ4v) is 5.80. The van der Waals surface area contributed by atoms with E-state index in [2.05, 4.69) is 51.3 Å². The number of benzene rings is 1. The van der Waals surface area contributed by atoms with Crippen LogP contribution in [0.15, 0.2) is 24.3 Å². The van der Waals surface area contributed by atoms with Crippen LogP contribution >= 0.6 is 0 Å². The van der Waals surface area contributed by atoms with Crippen LogP contribution in [0.25, 0.3) is 0 Å². The third-order valence-electron chi connectivity index (χ3n) is 7.63. The monoisotopic (exact) mass is 448 g/mol. The molecule has 3 rings (SSSR count). The van der Waals surface area contributed by atoms with Crippen molar-refractivity contribution in [1.82, 2.24) is 10.2 Å². The van der Waals surface area contributed by atoms with E-state index in [9.17, 15) is 4.79 Å². The van der Waals surface area contributed by atoms with Gasteiger partial charge in [0.05, 0.1) is 26.9 Å². The number of methoxy groups -OCH3 is 2. The number of nitrogens with zero attached hydrogens (tertiary/aromatic N) is 1. The van der Waals surface area contributed by atoms with E-state index in [0.29, 0.717) is 12.5 Å². The van der Waals surface area contributed by atoms with Gasteiger partial charge in [-0.1, -0.05) is 39.3 Å². The molecular weight excluding hydrogens is 408 g/mol. The standard InChI is InChI=1S/C24H40N2O4Si/c1-24(2,3)31(6,7)30-16-21-22(25-15-17-11-13-18(28-4)14-12-17)19-9-8-10-20(19)26(21)23(27)29-5/h11-14,19-22,25H,8-10,15-16H2,1-7H3/t19-,20+,21-,22-/m0/s1. The zero-order valence-electron chi connectivity index (χ0n) is 20.2. The molecule has 1 amide bonds. The number of rotatable bonds is 7. The maximum Gasteiger partial charge on any atom is 0.410 e. The summed E-state index contributed by atoms with van der Waals surface area (Å²) in [5, 5.41) is 3.91. The third kappa shape index (κ3) is 5.09. The second-order valence-electron chi connectivity index (χ2n) is 10.4. The Morgan fingerprint density at radius 3 is 2.42 bits per heavy atom. The van der Waals surface area contributed by atoms with Crippen molar-refractivity contribution in [2.24, 2.45) is 5.92 Å². The maximum absolute atomic E-state index is 12.8. The van der Waals surface area contributed by atoms with Crippen molar-refractivity contribution < 1.29 is 18.7 Å². The number of nitrogens with one attached hydrogen (secondary N) is 1. The Bertz CT molecular complexity index is 747. The number of fused-ring (bicyclic) bond motifs is 1. The Hall–Kier alpha value is -1.57. The maximum atomic E-state index is 12.8. The summed E-state index contributed by atoms with van der Waals surface area (Å²) in [7, 11) is 1.23. The number of hydrogen-bond donors (Lipinski definition) is 1. The Kier molecular flexibility index (Phi) is 7.38. The molecular formula is C24H40N2O4Si. The van der Waals surface area contributed by atoms with E-state index in [-0.39, 0.29) is 29.3 Å². The van der Waals surface area contributed by atoms with Gasteiger partial charge in [0.2, 0.25) is 0 Å². The van der Waals surface area contributed by atoms with Gasteiger partial charge < -0.3 is 19.2 Å². The van der Waals surface area contributed by atoms with Gasteiger partial charge in [-0.2, -0.15) is 0 Å². The summed E-state index contributed by atoms with van der Waals surface area (Å²) in [6, 6.07) is 8.56. The zero-order valence-corrected chi connectivity index (χ0v) is 21.2. The van der Waals surface area contributed by atoms with E-state index in [4.69, 9.17) is 13.9 Å². The molecule has 7 heteroatoms. The highest BCUT2D eigenvalue weighted by Crippen LogP contribution is 2.43. The molecule has 1 aliphatic heterocycles. The van der Waals surface area contributed by atoms with Crippen LogP contribution in [0.3, 0.4) is 0 Å². The Balaban J connectivity index is 1.79. The van der Waals surface area contributed by atoms with Gasteiger partial charge in [0, 0.05) is 18.6 Å². The molecule has 174 valence electrons. The molecule has 1 aromatic carbocycles. The molecule has 4 atom stereocenters. The van der Waals surface area contributed by atoms with Crippen LogP contribution in [-0.4, -0.2) is 58.3 Å². The highest BCUT2D eigenvalue weighted by molar-refractivity contribution is 6.74. The summed E-state index contributed by atoms with van der Waals surface area (Å²) >= 11 is 0. The van der Waals surface area contributed by atoms with Crippen molar-refractivity contribution in [3.05, 3.63) is 29.8 Å². The normalized spacial score (nSPS) is 26.1. The number of amides is 1. The molecule has 1 aliphatic carbocycles. The van der Waals surface area contributed by atoms with Gasteiger partial charge in [0.25, 0.3) is 0 Å². The highest BCUT2D eigenvalue weighted by atomic mass is 28.4. The summed E-state index contributed by atoms with van der Waals surface area (Å²) in [6.45, 7) is 12.6. The lowest BCUT2D eigenvalue weighted by molar-refractivity contribution is 0.0814. The van der Waals surface area contributed by atoms with Crippen LogP contribution in [-0.2, 0) is 15.7 Å². The average molecular weight is 449 g/mol. The lowest BCUT2D eigenvalue weighted by Crippen LogP contribution is -2.52. The molecule has 31 heavy (non-hydrogen) atoms. The number of carbonyl (C=O) groups excluding carboxylic acids is 1. The van der Waals surface area contributed by atoms with Crippen molar-refractivity contribution >= 4 is 14.4 Å². The summed E-state index contributed by atoms with van der Waals surface area (Å²) in [4.78, 5) is 14.8. The third-order valence-corrected chi connectivity index (χ3v) is 12.1. The summed E-state index contributed by atoms with van der Waals surface area (Å²) in [5.41, 5.74) is 1.20. The van der Waals surface area contributed by atoms with Gasteiger partial charge in [-0.25, -0.2) is 4.79 Å². The first-order valence-corrected chi connectivity index (χ1v) is 14.4. The second-order valence-corrected chi connectivity index (χ2v) is 15.2. The molecule has 6 nitrogen and oxygen atoms in total. The topological polar surface area (TPSA) is 60.0 Å². The van der Waals surface area contributed by atoms with Crippen molar-refractivity contribution in [2.45, 2.75) is 82.8 Å². The molecule has 1 aromatic rings. The molecule has 0 radical (unpaired) electrons. The van der Waals surface area contributed by atoms with Crippen molar-refractivity contribution in [2.75, 3.05) is 20.8 Å². The van der Waals surface area contributed by atoms with Crippen molar-refractivity contribution in [3.63, 3.8) is 0 Å². The van der Waals surface area contributed by atoms with Gasteiger partial charge >= 0.3 is 6.09 Å². The predicted octanol–water partition coefficient (Wildman–Crippen LogP) is 4.79. The van der Waals surface area contributed by atoms with Gasteiger partial charge in [0.1, 0.15) is 5.75 Å². The Labute approximate surface area is 188 Å². The summed E-state index contributed by atoms with van der Waals surface area (Å²) in [6.07, 6.45) is 3.10. The Morgan fingerprint density at radius 1 is 1.16 bits per heavy atom. The van der Waals surface area contributed by atoms with Crippen LogP contribution in [0.5, 0.6) is 5.75 Å². The van der Waals surface area contributed by atoms with Gasteiger partial charge in [-0.05, 0) is 54.6 Å². The van der Waals surface area contributed by atoms with Gasteiger partial charge in [0.15, 0.2) is 8.32 Å². The SMILES string of the molecule is COC(=O)N1[C@@H]2CCC[C@@H]2[C@H](NCc2ccc(OC)cc2)[C@@H]1CO[Si](C)(C)C(C)(C)C. The van der Waals surface area contributed by atoms with E-state index >= 15 is 0 Å². The van der Waals surface area contributed by atoms with Gasteiger partial charge in [-0.15, -0.1) is 0 Å². The minimum atomic E-state index is -1.93. The highest BCUT2D eigenvalue weighted by Gasteiger charge is 2.53. The van der Waals surface area contributed by atoms with E-state index in [0.717, 1.165) is 31.6 Å². The van der Waals surface area contributed by atoms with E-state index in [1.54, 1.807) is 7.11 Å². The lowest BCUT2D eigenvalue weighted by Gasteiger charge is -2.39. The molecule has 2 fully saturated rings. The largest absolute Gasteiger partial charge is 0.497 e. The van der Waals surface area contributed by atoms with Crippen LogP contribution < -0.4 is 10.1 Å². The number of likely N-dealkylation sites (tertiary alicyclic amines) is 1. The molecule has 0 aromatic heterocycles. The number of hydrogen-bond acceptors (Lipinski definition) is 5. The molecule has 2 aliphatic rings. The van der Waals surface area contributed by atoms with E-state index in [1.807, 2.05) is 17.0 Å². The van der Waals surface area contributed by atoms with Crippen molar-refractivity contribution in [1.29, 1.82) is 0 Å². The smallest absolute Gasteiger partial charge is 0.410 e. The molecule has 0 unspecified atom stereocenters. The predicted molar refractivity (Wildman–Crippen MR) is 126 cm³/mol. The van der Waals surface area contributed by atoms with Crippen molar-refractivity contribution in [3.8, 4) is 5.75 Å². The molecule has 1 saturated heterocycles.